The Morgan fingerprint density at radius 3 is 2.27 bits per heavy atom. The van der Waals surface area contributed by atoms with E-state index < -0.39 is 16.0 Å². The molecule has 0 saturated carbocycles. The first-order valence-electron chi connectivity index (χ1n) is 6.23. The number of rotatable bonds is 5. The lowest BCUT2D eigenvalue weighted by molar-refractivity contribution is -0.385. The van der Waals surface area contributed by atoms with E-state index in [0.717, 1.165) is 0 Å². The average molecular weight is 323 g/mol. The van der Waals surface area contributed by atoms with Crippen molar-refractivity contribution >= 4 is 23.0 Å². The second-order valence-corrected chi connectivity index (χ2v) is 4.89. The molecular weight excluding hydrogens is 312 g/mol. The van der Waals surface area contributed by atoms with Gasteiger partial charge in [-0.1, -0.05) is 23.7 Å². The molecule has 0 aromatic heterocycles. The fourth-order valence-corrected chi connectivity index (χ4v) is 2.07. The highest BCUT2D eigenvalue weighted by Crippen LogP contribution is 2.32. The number of nitrogens with zero attached hydrogens (tertiary/aromatic N) is 2. The van der Waals surface area contributed by atoms with Crippen LogP contribution < -0.4 is 4.74 Å². The first-order chi connectivity index (χ1) is 10.4. The summed E-state index contributed by atoms with van der Waals surface area (Å²) in [4.78, 5) is 20.4. The van der Waals surface area contributed by atoms with Gasteiger partial charge in [0.15, 0.2) is 0 Å². The molecule has 114 valence electrons. The van der Waals surface area contributed by atoms with Crippen LogP contribution in [-0.2, 0) is 0 Å². The molecule has 0 fully saturated rings. The number of hydrogen-bond donors (Lipinski definition) is 0. The Kier molecular flexibility index (Phi) is 4.57. The van der Waals surface area contributed by atoms with Crippen molar-refractivity contribution in [1.29, 1.82) is 0 Å². The molecule has 0 radical (unpaired) electrons. The largest absolute Gasteiger partial charge is 0.484 e. The van der Waals surface area contributed by atoms with Crippen molar-refractivity contribution < 1.29 is 14.6 Å². The van der Waals surface area contributed by atoms with Crippen LogP contribution in [0.1, 0.15) is 18.6 Å². The summed E-state index contributed by atoms with van der Waals surface area (Å²) in [6, 6.07) is 9.91. The van der Waals surface area contributed by atoms with Crippen LogP contribution >= 0.6 is 11.6 Å². The minimum atomic E-state index is -0.556. The molecule has 0 N–H and O–H groups in total. The minimum Gasteiger partial charge on any atom is -0.484 e. The molecule has 22 heavy (non-hydrogen) atoms. The van der Waals surface area contributed by atoms with Crippen molar-refractivity contribution in [2.75, 3.05) is 0 Å². The van der Waals surface area contributed by atoms with Gasteiger partial charge in [0.2, 0.25) is 0 Å². The topological polar surface area (TPSA) is 95.5 Å². The smallest absolute Gasteiger partial charge is 0.271 e. The second-order valence-electron chi connectivity index (χ2n) is 4.48. The molecule has 0 aliphatic rings. The van der Waals surface area contributed by atoms with E-state index in [1.165, 1.54) is 30.3 Å². The average Bonchev–Trinajstić information content (AvgIpc) is 2.49. The molecule has 7 nitrogen and oxygen atoms in total. The quantitative estimate of drug-likeness (QED) is 0.604. The zero-order valence-electron chi connectivity index (χ0n) is 11.4. The Labute approximate surface area is 130 Å². The van der Waals surface area contributed by atoms with Crippen molar-refractivity contribution in [3.63, 3.8) is 0 Å². The number of hydrogen-bond acceptors (Lipinski definition) is 5. The van der Waals surface area contributed by atoms with E-state index in [-0.39, 0.29) is 22.1 Å². The Morgan fingerprint density at radius 1 is 1.05 bits per heavy atom. The van der Waals surface area contributed by atoms with Crippen LogP contribution in [-0.4, -0.2) is 9.85 Å². The number of benzene rings is 2. The van der Waals surface area contributed by atoms with E-state index in [4.69, 9.17) is 16.3 Å². The molecule has 8 heteroatoms. The maximum atomic E-state index is 10.8. The van der Waals surface area contributed by atoms with Gasteiger partial charge in [0.1, 0.15) is 11.9 Å². The fraction of sp³-hybridized carbons (Fsp3) is 0.143. The van der Waals surface area contributed by atoms with Gasteiger partial charge in [0, 0.05) is 24.3 Å². The normalized spacial score (nSPS) is 11.7. The molecule has 2 rings (SSSR count). The number of ether oxygens (including phenoxy) is 1. The lowest BCUT2D eigenvalue weighted by Crippen LogP contribution is -2.04. The molecule has 1 atom stereocenters. The highest BCUT2D eigenvalue weighted by Gasteiger charge is 2.15. The number of halogens is 1. The number of non-ortho nitro benzene ring substituents is 2. The zero-order valence-corrected chi connectivity index (χ0v) is 12.2. The van der Waals surface area contributed by atoms with Crippen LogP contribution in [0.25, 0.3) is 0 Å². The van der Waals surface area contributed by atoms with Crippen LogP contribution in [0.15, 0.2) is 42.5 Å². The lowest BCUT2D eigenvalue weighted by Gasteiger charge is -2.15. The standard InChI is InChI=1S/C14H11ClN2O5/c1-9(10-3-2-4-11(7-10)16(18)19)22-14-6-5-12(17(20)21)8-13(14)15/h2-9H,1H3/t9-/m1/s1. The van der Waals surface area contributed by atoms with Gasteiger partial charge in [-0.15, -0.1) is 0 Å². The summed E-state index contributed by atoms with van der Waals surface area (Å²) in [6.07, 6.45) is -0.501. The fourth-order valence-electron chi connectivity index (χ4n) is 1.85. The van der Waals surface area contributed by atoms with Crippen molar-refractivity contribution in [3.8, 4) is 5.75 Å². The summed E-state index contributed by atoms with van der Waals surface area (Å²) < 4.78 is 5.62. The molecule has 0 aliphatic carbocycles. The summed E-state index contributed by atoms with van der Waals surface area (Å²) in [5.41, 5.74) is 0.423. The van der Waals surface area contributed by atoms with E-state index >= 15 is 0 Å². The second kappa shape index (κ2) is 6.40. The van der Waals surface area contributed by atoms with Gasteiger partial charge in [-0.2, -0.15) is 0 Å². The van der Waals surface area contributed by atoms with Crippen molar-refractivity contribution in [3.05, 3.63) is 73.3 Å². The predicted octanol–water partition coefficient (Wildman–Crippen LogP) is 4.30. The highest BCUT2D eigenvalue weighted by molar-refractivity contribution is 6.32. The molecule has 0 bridgehead atoms. The highest BCUT2D eigenvalue weighted by atomic mass is 35.5. The zero-order chi connectivity index (χ0) is 16.3. The van der Waals surface area contributed by atoms with Crippen LogP contribution in [0.5, 0.6) is 5.75 Å². The van der Waals surface area contributed by atoms with Gasteiger partial charge in [-0.25, -0.2) is 0 Å². The van der Waals surface area contributed by atoms with Crippen LogP contribution in [0.2, 0.25) is 5.02 Å². The molecule has 2 aromatic rings. The van der Waals surface area contributed by atoms with E-state index in [1.807, 2.05) is 0 Å². The molecule has 0 saturated heterocycles. The van der Waals surface area contributed by atoms with Gasteiger partial charge >= 0.3 is 0 Å². The summed E-state index contributed by atoms with van der Waals surface area (Å²) in [6.45, 7) is 1.71. The molecule has 0 heterocycles. The van der Waals surface area contributed by atoms with Gasteiger partial charge in [-0.05, 0) is 18.6 Å². The summed E-state index contributed by atoms with van der Waals surface area (Å²) in [7, 11) is 0. The number of nitro benzene ring substituents is 2. The van der Waals surface area contributed by atoms with Gasteiger partial charge in [-0.3, -0.25) is 20.2 Å². The predicted molar refractivity (Wildman–Crippen MR) is 80.2 cm³/mol. The first-order valence-corrected chi connectivity index (χ1v) is 6.61. The third kappa shape index (κ3) is 3.50. The summed E-state index contributed by atoms with van der Waals surface area (Å²) >= 11 is 5.95. The van der Waals surface area contributed by atoms with Crippen molar-refractivity contribution in [2.24, 2.45) is 0 Å². The Bertz CT molecular complexity index is 735. The first kappa shape index (κ1) is 15.7. The van der Waals surface area contributed by atoms with Gasteiger partial charge < -0.3 is 4.74 Å². The monoisotopic (exact) mass is 322 g/mol. The lowest BCUT2D eigenvalue weighted by atomic mass is 10.1. The molecular formula is C14H11ClN2O5. The third-order valence-electron chi connectivity index (χ3n) is 2.98. The Morgan fingerprint density at radius 2 is 1.68 bits per heavy atom. The van der Waals surface area contributed by atoms with Crippen LogP contribution in [0.3, 0.4) is 0 Å². The number of nitro groups is 2. The SMILES string of the molecule is C[C@@H](Oc1ccc([N+](=O)[O-])cc1Cl)c1cccc([N+](=O)[O-])c1. The molecule has 0 spiro atoms. The van der Waals surface area contributed by atoms with Crippen molar-refractivity contribution in [1.82, 2.24) is 0 Å². The Balaban J connectivity index is 2.21. The minimum absolute atomic E-state index is 0.0391. The van der Waals surface area contributed by atoms with E-state index in [0.29, 0.717) is 5.56 Å². The van der Waals surface area contributed by atoms with Crippen LogP contribution in [0, 0.1) is 20.2 Å². The van der Waals surface area contributed by atoms with Crippen molar-refractivity contribution in [2.45, 2.75) is 13.0 Å². The van der Waals surface area contributed by atoms with E-state index in [1.54, 1.807) is 19.1 Å². The van der Waals surface area contributed by atoms with E-state index in [2.05, 4.69) is 0 Å². The maximum absolute atomic E-state index is 10.8. The molecule has 0 unspecified atom stereocenters. The summed E-state index contributed by atoms with van der Waals surface area (Å²) in [5.74, 6) is 0.270. The third-order valence-corrected chi connectivity index (χ3v) is 3.28. The maximum Gasteiger partial charge on any atom is 0.271 e. The molecule has 2 aromatic carbocycles. The summed E-state index contributed by atoms with van der Waals surface area (Å²) in [5, 5.41) is 21.5. The van der Waals surface area contributed by atoms with Gasteiger partial charge in [0.05, 0.1) is 14.9 Å². The molecule has 0 amide bonds. The van der Waals surface area contributed by atoms with Crippen LogP contribution in [0.4, 0.5) is 11.4 Å². The molecule has 0 aliphatic heterocycles. The van der Waals surface area contributed by atoms with Gasteiger partial charge in [0.25, 0.3) is 11.4 Å². The van der Waals surface area contributed by atoms with E-state index in [9.17, 15) is 20.2 Å². The Hall–Kier alpha value is -2.67.